The standard InChI is InChI=1S/C22H17ClFN3O3/c23-18-6-2-1-5-16(18)14-30-17-11-9-15(10-12-17)13-25-27-22(29)21(28)26-20-8-4-3-7-19(20)24/h1-13H,14H2,(H,26,28)(H,27,29). The molecule has 0 atom stereocenters. The number of ether oxygens (including phenoxy) is 1. The molecule has 0 heterocycles. The van der Waals surface area contributed by atoms with Crippen molar-refractivity contribution in [2.45, 2.75) is 6.61 Å². The SMILES string of the molecule is O=C(NN=Cc1ccc(OCc2ccccc2Cl)cc1)C(=O)Nc1ccccc1F. The van der Waals surface area contributed by atoms with Crippen molar-refractivity contribution in [2.24, 2.45) is 5.10 Å². The second kappa shape index (κ2) is 10.2. The topological polar surface area (TPSA) is 79.8 Å². The number of hydrogen-bond donors (Lipinski definition) is 2. The van der Waals surface area contributed by atoms with Gasteiger partial charge in [-0.15, -0.1) is 0 Å². The van der Waals surface area contributed by atoms with Gasteiger partial charge in [0, 0.05) is 10.6 Å². The lowest BCUT2D eigenvalue weighted by atomic mass is 10.2. The first-order chi connectivity index (χ1) is 14.5. The molecule has 0 spiro atoms. The molecule has 8 heteroatoms. The number of nitrogens with one attached hydrogen (secondary N) is 2. The zero-order valence-corrected chi connectivity index (χ0v) is 16.4. The molecule has 0 aliphatic carbocycles. The number of halogens is 2. The summed E-state index contributed by atoms with van der Waals surface area (Å²) in [5, 5.41) is 6.53. The van der Waals surface area contributed by atoms with Gasteiger partial charge in [-0.05, 0) is 48.0 Å². The largest absolute Gasteiger partial charge is 0.489 e. The Morgan fingerprint density at radius 1 is 0.967 bits per heavy atom. The van der Waals surface area contributed by atoms with Crippen molar-refractivity contribution in [2.75, 3.05) is 5.32 Å². The quantitative estimate of drug-likeness (QED) is 0.354. The van der Waals surface area contributed by atoms with Crippen LogP contribution in [-0.4, -0.2) is 18.0 Å². The molecular weight excluding hydrogens is 409 g/mol. The number of para-hydroxylation sites is 1. The average Bonchev–Trinajstić information content (AvgIpc) is 2.75. The van der Waals surface area contributed by atoms with Crippen LogP contribution in [0.25, 0.3) is 0 Å². The predicted octanol–water partition coefficient (Wildman–Crippen LogP) is 4.15. The molecule has 3 aromatic rings. The number of nitrogens with zero attached hydrogens (tertiary/aromatic N) is 1. The van der Waals surface area contributed by atoms with E-state index in [1.165, 1.54) is 30.5 Å². The monoisotopic (exact) mass is 425 g/mol. The van der Waals surface area contributed by atoms with Gasteiger partial charge in [0.05, 0.1) is 11.9 Å². The molecule has 0 saturated heterocycles. The molecule has 0 aromatic heterocycles. The third-order valence-corrected chi connectivity index (χ3v) is 4.31. The molecule has 3 rings (SSSR count). The van der Waals surface area contributed by atoms with Crippen molar-refractivity contribution in [3.05, 3.63) is 94.8 Å². The van der Waals surface area contributed by atoms with Crippen LogP contribution in [0.5, 0.6) is 5.75 Å². The summed E-state index contributed by atoms with van der Waals surface area (Å²) in [6.07, 6.45) is 1.37. The third-order valence-electron chi connectivity index (χ3n) is 3.94. The smallest absolute Gasteiger partial charge is 0.329 e. The van der Waals surface area contributed by atoms with Gasteiger partial charge in [-0.3, -0.25) is 9.59 Å². The summed E-state index contributed by atoms with van der Waals surface area (Å²) in [6.45, 7) is 0.334. The predicted molar refractivity (Wildman–Crippen MR) is 113 cm³/mol. The highest BCUT2D eigenvalue weighted by molar-refractivity contribution is 6.39. The molecule has 0 fully saturated rings. The molecule has 30 heavy (non-hydrogen) atoms. The van der Waals surface area contributed by atoms with Gasteiger partial charge in [0.15, 0.2) is 0 Å². The maximum absolute atomic E-state index is 13.5. The molecule has 0 unspecified atom stereocenters. The first-order valence-electron chi connectivity index (χ1n) is 8.88. The Labute approximate surface area is 177 Å². The summed E-state index contributed by atoms with van der Waals surface area (Å²) in [6, 6.07) is 19.9. The lowest BCUT2D eigenvalue weighted by Gasteiger charge is -2.07. The molecule has 3 aromatic carbocycles. The molecule has 0 aliphatic rings. The number of hydrazone groups is 1. The zero-order valence-electron chi connectivity index (χ0n) is 15.6. The fourth-order valence-electron chi connectivity index (χ4n) is 2.38. The number of amides is 2. The van der Waals surface area contributed by atoms with Crippen molar-refractivity contribution in [3.63, 3.8) is 0 Å². The van der Waals surface area contributed by atoms with E-state index in [2.05, 4.69) is 15.8 Å². The summed E-state index contributed by atoms with van der Waals surface area (Å²) < 4.78 is 19.2. The van der Waals surface area contributed by atoms with Gasteiger partial charge in [-0.25, -0.2) is 9.82 Å². The van der Waals surface area contributed by atoms with Crippen molar-refractivity contribution in [1.82, 2.24) is 5.43 Å². The molecule has 152 valence electrons. The van der Waals surface area contributed by atoms with Gasteiger partial charge in [0.25, 0.3) is 0 Å². The molecule has 0 radical (unpaired) electrons. The Balaban J connectivity index is 1.49. The minimum atomic E-state index is -1.03. The number of rotatable bonds is 6. The van der Waals surface area contributed by atoms with Crippen molar-refractivity contribution >= 4 is 35.3 Å². The molecule has 6 nitrogen and oxygen atoms in total. The maximum atomic E-state index is 13.5. The molecule has 2 amide bonds. The third kappa shape index (κ3) is 5.89. The van der Waals surface area contributed by atoms with E-state index in [4.69, 9.17) is 16.3 Å². The average molecular weight is 426 g/mol. The Morgan fingerprint density at radius 3 is 2.40 bits per heavy atom. The number of anilines is 1. The number of hydrogen-bond acceptors (Lipinski definition) is 4. The lowest BCUT2D eigenvalue weighted by molar-refractivity contribution is -0.136. The molecule has 0 bridgehead atoms. The van der Waals surface area contributed by atoms with E-state index in [9.17, 15) is 14.0 Å². The van der Waals surface area contributed by atoms with Crippen molar-refractivity contribution < 1.29 is 18.7 Å². The Morgan fingerprint density at radius 2 is 1.67 bits per heavy atom. The summed E-state index contributed by atoms with van der Waals surface area (Å²) in [4.78, 5) is 23.5. The van der Waals surface area contributed by atoms with Gasteiger partial charge in [-0.2, -0.15) is 5.10 Å². The Hall–Kier alpha value is -3.71. The lowest BCUT2D eigenvalue weighted by Crippen LogP contribution is -2.32. The van der Waals surface area contributed by atoms with Crippen LogP contribution in [0.15, 0.2) is 77.9 Å². The first-order valence-corrected chi connectivity index (χ1v) is 9.26. The number of carbonyl (C=O) groups excluding carboxylic acids is 2. The van der Waals surface area contributed by atoms with Crippen LogP contribution in [0.2, 0.25) is 5.02 Å². The van der Waals surface area contributed by atoms with E-state index < -0.39 is 17.6 Å². The minimum absolute atomic E-state index is 0.0889. The summed E-state index contributed by atoms with van der Waals surface area (Å²) >= 11 is 6.09. The Kier molecular flexibility index (Phi) is 7.13. The summed E-state index contributed by atoms with van der Waals surface area (Å²) in [7, 11) is 0. The maximum Gasteiger partial charge on any atom is 0.329 e. The first kappa shape index (κ1) is 21.0. The second-order valence-electron chi connectivity index (χ2n) is 6.08. The second-order valence-corrected chi connectivity index (χ2v) is 6.49. The number of carbonyl (C=O) groups is 2. The van der Waals surface area contributed by atoms with Gasteiger partial charge in [0.1, 0.15) is 18.2 Å². The fraction of sp³-hybridized carbons (Fsp3) is 0.0455. The normalized spacial score (nSPS) is 10.6. The number of benzene rings is 3. The zero-order chi connectivity index (χ0) is 21.3. The van der Waals surface area contributed by atoms with Crippen LogP contribution in [0, 0.1) is 5.82 Å². The van der Waals surface area contributed by atoms with Crippen LogP contribution in [-0.2, 0) is 16.2 Å². The summed E-state index contributed by atoms with van der Waals surface area (Å²) in [5.41, 5.74) is 3.55. The highest BCUT2D eigenvalue weighted by Gasteiger charge is 2.14. The highest BCUT2D eigenvalue weighted by Crippen LogP contribution is 2.18. The minimum Gasteiger partial charge on any atom is -0.489 e. The van der Waals surface area contributed by atoms with E-state index in [0.29, 0.717) is 22.9 Å². The highest BCUT2D eigenvalue weighted by atomic mass is 35.5. The van der Waals surface area contributed by atoms with Gasteiger partial charge in [0.2, 0.25) is 0 Å². The van der Waals surface area contributed by atoms with Crippen LogP contribution in [0.1, 0.15) is 11.1 Å². The van der Waals surface area contributed by atoms with E-state index in [1.54, 1.807) is 30.3 Å². The molecule has 0 saturated carbocycles. The van der Waals surface area contributed by atoms with Crippen LogP contribution >= 0.6 is 11.6 Å². The van der Waals surface area contributed by atoms with Gasteiger partial charge >= 0.3 is 11.8 Å². The van der Waals surface area contributed by atoms with Gasteiger partial charge < -0.3 is 10.1 Å². The molecular formula is C22H17ClFN3O3. The van der Waals surface area contributed by atoms with E-state index >= 15 is 0 Å². The van der Waals surface area contributed by atoms with E-state index in [1.807, 2.05) is 18.2 Å². The van der Waals surface area contributed by atoms with E-state index in [0.717, 1.165) is 5.56 Å². The van der Waals surface area contributed by atoms with Crippen LogP contribution in [0.3, 0.4) is 0 Å². The van der Waals surface area contributed by atoms with Gasteiger partial charge in [-0.1, -0.05) is 41.9 Å². The van der Waals surface area contributed by atoms with E-state index in [-0.39, 0.29) is 5.69 Å². The molecule has 2 N–H and O–H groups in total. The van der Waals surface area contributed by atoms with Crippen LogP contribution < -0.4 is 15.5 Å². The van der Waals surface area contributed by atoms with Crippen molar-refractivity contribution in [1.29, 1.82) is 0 Å². The summed E-state index contributed by atoms with van der Waals surface area (Å²) in [5.74, 6) is -2.05. The van der Waals surface area contributed by atoms with Crippen molar-refractivity contribution in [3.8, 4) is 5.75 Å². The fourth-order valence-corrected chi connectivity index (χ4v) is 2.57. The van der Waals surface area contributed by atoms with Crippen LogP contribution in [0.4, 0.5) is 10.1 Å². The Bertz CT molecular complexity index is 1070. The molecule has 0 aliphatic heterocycles.